The van der Waals surface area contributed by atoms with Crippen LogP contribution < -0.4 is 4.90 Å². The normalized spacial score (nSPS) is 11.7. The van der Waals surface area contributed by atoms with Crippen LogP contribution >= 0.6 is 0 Å². The summed E-state index contributed by atoms with van der Waals surface area (Å²) < 4.78 is 0. The molecule has 0 heterocycles. The lowest BCUT2D eigenvalue weighted by molar-refractivity contribution is 1.29. The van der Waals surface area contributed by atoms with Crippen LogP contribution in [0.4, 0.5) is 17.1 Å². The highest BCUT2D eigenvalue weighted by Gasteiger charge is 2.12. The van der Waals surface area contributed by atoms with Crippen molar-refractivity contribution in [1.82, 2.24) is 0 Å². The lowest BCUT2D eigenvalue weighted by Crippen LogP contribution is -2.09. The number of hydrogen-bond acceptors (Lipinski definition) is 1. The van der Waals surface area contributed by atoms with Gasteiger partial charge in [-0.2, -0.15) is 0 Å². The molecule has 0 amide bonds. The fourth-order valence-electron chi connectivity index (χ4n) is 3.56. The zero-order valence-corrected chi connectivity index (χ0v) is 17.2. The van der Waals surface area contributed by atoms with Crippen molar-refractivity contribution in [2.45, 2.75) is 6.92 Å². The third-order valence-electron chi connectivity index (χ3n) is 5.05. The van der Waals surface area contributed by atoms with Gasteiger partial charge in [-0.25, -0.2) is 0 Å². The molecular weight excluding hydrogens is 362 g/mol. The van der Waals surface area contributed by atoms with Crippen LogP contribution in [0.2, 0.25) is 0 Å². The minimum absolute atomic E-state index is 1.15. The summed E-state index contributed by atoms with van der Waals surface area (Å²) in [7, 11) is 0. The Hall–Kier alpha value is -3.84. The predicted molar refractivity (Wildman–Crippen MR) is 132 cm³/mol. The van der Waals surface area contributed by atoms with E-state index in [1.165, 1.54) is 21.9 Å². The maximum Gasteiger partial charge on any atom is 0.0468 e. The molecule has 0 saturated heterocycles. The Morgan fingerprint density at radius 1 is 0.700 bits per heavy atom. The first-order valence-corrected chi connectivity index (χ1v) is 10.2. The van der Waals surface area contributed by atoms with E-state index in [0.29, 0.717) is 0 Å². The van der Waals surface area contributed by atoms with Gasteiger partial charge in [0, 0.05) is 17.1 Å². The molecule has 0 aliphatic rings. The first-order chi connectivity index (χ1) is 14.7. The van der Waals surface area contributed by atoms with Gasteiger partial charge >= 0.3 is 0 Å². The number of para-hydroxylation sites is 2. The summed E-state index contributed by atoms with van der Waals surface area (Å²) >= 11 is 0. The highest BCUT2D eigenvalue weighted by molar-refractivity contribution is 5.90. The molecule has 0 atom stereocenters. The average Bonchev–Trinajstić information content (AvgIpc) is 2.79. The molecule has 0 fully saturated rings. The van der Waals surface area contributed by atoms with Crippen LogP contribution in [-0.4, -0.2) is 0 Å². The molecule has 0 radical (unpaired) electrons. The first-order valence-electron chi connectivity index (χ1n) is 10.2. The number of nitrogens with zero attached hydrogens (tertiary/aromatic N) is 1. The Morgan fingerprint density at radius 2 is 1.30 bits per heavy atom. The molecule has 1 heteroatoms. The number of hydrogen-bond donors (Lipinski definition) is 0. The Kier molecular flexibility index (Phi) is 5.91. The van der Waals surface area contributed by atoms with Gasteiger partial charge in [0.2, 0.25) is 0 Å². The van der Waals surface area contributed by atoms with Crippen molar-refractivity contribution >= 4 is 33.9 Å². The lowest BCUT2D eigenvalue weighted by atomic mass is 10.0. The van der Waals surface area contributed by atoms with Crippen molar-refractivity contribution in [2.75, 3.05) is 4.90 Å². The van der Waals surface area contributed by atoms with Gasteiger partial charge < -0.3 is 4.90 Å². The molecule has 0 aromatic heterocycles. The first kappa shape index (κ1) is 19.5. The van der Waals surface area contributed by atoms with Gasteiger partial charge in [0.1, 0.15) is 0 Å². The average molecular weight is 388 g/mol. The second-order valence-electron chi connectivity index (χ2n) is 7.28. The third kappa shape index (κ3) is 4.42. The summed E-state index contributed by atoms with van der Waals surface area (Å²) in [5.41, 5.74) is 5.81. The largest absolute Gasteiger partial charge is 0.310 e. The van der Waals surface area contributed by atoms with Crippen molar-refractivity contribution in [1.29, 1.82) is 0 Å². The van der Waals surface area contributed by atoms with Crippen LogP contribution in [-0.2, 0) is 0 Å². The second-order valence-corrected chi connectivity index (χ2v) is 7.28. The minimum atomic E-state index is 1.15. The van der Waals surface area contributed by atoms with Crippen LogP contribution in [0.1, 0.15) is 12.5 Å². The molecule has 1 nitrogen and oxygen atoms in total. The van der Waals surface area contributed by atoms with Gasteiger partial charge in [-0.1, -0.05) is 91.1 Å². The summed E-state index contributed by atoms with van der Waals surface area (Å²) in [4.78, 5) is 2.29. The van der Waals surface area contributed by atoms with Gasteiger partial charge in [-0.05, 0) is 65.7 Å². The smallest absolute Gasteiger partial charge is 0.0468 e. The molecule has 146 valence electrons. The predicted octanol–water partition coefficient (Wildman–Crippen LogP) is 8.46. The molecule has 4 aromatic carbocycles. The molecule has 0 unspecified atom stereocenters. The lowest BCUT2D eigenvalue weighted by Gasteiger charge is -2.25. The summed E-state index contributed by atoms with van der Waals surface area (Å²) in [5.74, 6) is 0. The molecule has 30 heavy (non-hydrogen) atoms. The van der Waals surface area contributed by atoms with Crippen molar-refractivity contribution in [3.8, 4) is 0 Å². The second kappa shape index (κ2) is 9.11. The molecule has 0 saturated carbocycles. The van der Waals surface area contributed by atoms with E-state index >= 15 is 0 Å². The van der Waals surface area contributed by atoms with Crippen molar-refractivity contribution < 1.29 is 0 Å². The number of rotatable bonds is 6. The van der Waals surface area contributed by atoms with E-state index in [0.717, 1.165) is 17.1 Å². The number of fused-ring (bicyclic) bond motifs is 1. The number of allylic oxidation sites excluding steroid dienone is 4. The van der Waals surface area contributed by atoms with E-state index in [-0.39, 0.29) is 0 Å². The maximum absolute atomic E-state index is 3.75. The van der Waals surface area contributed by atoms with Crippen LogP contribution in [0.15, 0.2) is 127 Å². The van der Waals surface area contributed by atoms with Crippen LogP contribution in [0, 0.1) is 0 Å². The monoisotopic (exact) mass is 387 g/mol. The molecule has 0 N–H and O–H groups in total. The molecular formula is C29H25N. The van der Waals surface area contributed by atoms with Gasteiger partial charge in [-0.15, -0.1) is 0 Å². The Labute approximate surface area is 178 Å². The highest BCUT2D eigenvalue weighted by Crippen LogP contribution is 2.35. The third-order valence-corrected chi connectivity index (χ3v) is 5.05. The summed E-state index contributed by atoms with van der Waals surface area (Å²) in [6.07, 6.45) is 8.07. The van der Waals surface area contributed by atoms with Gasteiger partial charge in [0.25, 0.3) is 0 Å². The summed E-state index contributed by atoms with van der Waals surface area (Å²) in [6.45, 7) is 5.83. The van der Waals surface area contributed by atoms with Crippen molar-refractivity contribution in [3.05, 3.63) is 133 Å². The Morgan fingerprint density at radius 3 is 1.93 bits per heavy atom. The summed E-state index contributed by atoms with van der Waals surface area (Å²) in [5, 5.41) is 2.45. The standard InChI is InChI=1S/C29H25N/c1-3-10-23(2)15-16-24-17-18-26-22-29(20-19-25(26)21-24)30(27-11-6-4-7-12-27)28-13-8-5-9-14-28/h3-22H,1H2,2H3. The minimum Gasteiger partial charge on any atom is -0.310 e. The molecule has 0 aliphatic carbocycles. The van der Waals surface area contributed by atoms with E-state index in [1.54, 1.807) is 0 Å². The zero-order chi connectivity index (χ0) is 20.8. The van der Waals surface area contributed by atoms with Gasteiger partial charge in [0.15, 0.2) is 0 Å². The fourth-order valence-corrected chi connectivity index (χ4v) is 3.56. The quantitative estimate of drug-likeness (QED) is 0.300. The maximum atomic E-state index is 3.75. The van der Waals surface area contributed by atoms with E-state index in [4.69, 9.17) is 0 Å². The van der Waals surface area contributed by atoms with Gasteiger partial charge in [0.05, 0.1) is 0 Å². The van der Waals surface area contributed by atoms with E-state index < -0.39 is 0 Å². The molecule has 0 spiro atoms. The van der Waals surface area contributed by atoms with Gasteiger partial charge in [-0.3, -0.25) is 0 Å². The van der Waals surface area contributed by atoms with E-state index in [1.807, 2.05) is 24.3 Å². The van der Waals surface area contributed by atoms with E-state index in [9.17, 15) is 0 Å². The Bertz CT molecular complexity index is 1160. The number of anilines is 3. The topological polar surface area (TPSA) is 3.24 Å². The van der Waals surface area contributed by atoms with Crippen molar-refractivity contribution in [2.24, 2.45) is 0 Å². The molecule has 0 aliphatic heterocycles. The molecule has 4 rings (SSSR count). The highest BCUT2D eigenvalue weighted by atomic mass is 15.1. The molecule has 4 aromatic rings. The number of benzene rings is 4. The Balaban J connectivity index is 1.73. The fraction of sp³-hybridized carbons (Fsp3) is 0.0345. The van der Waals surface area contributed by atoms with Crippen LogP contribution in [0.25, 0.3) is 16.8 Å². The van der Waals surface area contributed by atoms with E-state index in [2.05, 4.69) is 115 Å². The molecule has 0 bridgehead atoms. The summed E-state index contributed by atoms with van der Waals surface area (Å²) in [6, 6.07) is 34.2. The zero-order valence-electron chi connectivity index (χ0n) is 17.2. The van der Waals surface area contributed by atoms with Crippen molar-refractivity contribution in [3.63, 3.8) is 0 Å². The van der Waals surface area contributed by atoms with Crippen LogP contribution in [0.5, 0.6) is 0 Å². The SMILES string of the molecule is C=CC=C(C)C=Cc1ccc2cc(N(c3ccccc3)c3ccccc3)ccc2c1. The van der Waals surface area contributed by atoms with Crippen LogP contribution in [0.3, 0.4) is 0 Å².